The van der Waals surface area contributed by atoms with Crippen LogP contribution in [0.4, 0.5) is 5.69 Å². The first-order valence-corrected chi connectivity index (χ1v) is 13.0. The first-order valence-electron chi connectivity index (χ1n) is 11.5. The number of nitro groups is 1. The third kappa shape index (κ3) is 5.92. The maximum absolute atomic E-state index is 14.0. The minimum Gasteiger partial charge on any atom is -0.493 e. The molecule has 13 nitrogen and oxygen atoms in total. The number of benzene rings is 2. The number of carbonyl (C=O) groups is 1. The molecule has 1 aromatic heterocycles. The van der Waals surface area contributed by atoms with Crippen molar-refractivity contribution in [1.29, 1.82) is 0 Å². The monoisotopic (exact) mass is 561 g/mol. The van der Waals surface area contributed by atoms with E-state index in [1.165, 1.54) is 39.7 Å². The number of para-hydroxylation sites is 1. The third-order valence-electron chi connectivity index (χ3n) is 6.06. The van der Waals surface area contributed by atoms with Crippen LogP contribution < -0.4 is 19.9 Å². The van der Waals surface area contributed by atoms with E-state index in [4.69, 9.17) is 19.9 Å². The molecule has 1 atom stereocenters. The van der Waals surface area contributed by atoms with Crippen LogP contribution >= 0.6 is 0 Å². The lowest BCUT2D eigenvalue weighted by atomic mass is 10.1. The van der Waals surface area contributed by atoms with Crippen LogP contribution in [0.2, 0.25) is 0 Å². The summed E-state index contributed by atoms with van der Waals surface area (Å²) in [5.74, 6) is 0.148. The summed E-state index contributed by atoms with van der Waals surface area (Å²) >= 11 is 0. The van der Waals surface area contributed by atoms with Gasteiger partial charge in [0.25, 0.3) is 11.6 Å². The third-order valence-corrected chi connectivity index (χ3v) is 8.42. The van der Waals surface area contributed by atoms with Crippen LogP contribution in [0.25, 0.3) is 11.3 Å². The van der Waals surface area contributed by atoms with E-state index in [-0.39, 0.29) is 6.54 Å². The summed E-state index contributed by atoms with van der Waals surface area (Å²) in [6.07, 6.45) is 1.45. The molecule has 208 valence electrons. The number of rotatable bonds is 13. The summed E-state index contributed by atoms with van der Waals surface area (Å²) in [6.45, 7) is -2.19. The molecule has 3 aromatic rings. The molecule has 0 fully saturated rings. The summed E-state index contributed by atoms with van der Waals surface area (Å²) in [5, 5.41) is 21.5. The van der Waals surface area contributed by atoms with Gasteiger partial charge < -0.3 is 25.1 Å². The highest BCUT2D eigenvalue weighted by Crippen LogP contribution is 2.41. The highest BCUT2D eigenvalue weighted by molar-refractivity contribution is 7.86. The molecule has 1 amide bonds. The largest absolute Gasteiger partial charge is 0.493 e. The average Bonchev–Trinajstić information content (AvgIpc) is 2.91. The van der Waals surface area contributed by atoms with Crippen molar-refractivity contribution >= 4 is 21.6 Å². The Labute approximate surface area is 225 Å². The lowest BCUT2D eigenvalue weighted by molar-refractivity contribution is -0.812. The number of aliphatic hydroxyl groups is 1. The Morgan fingerprint density at radius 1 is 1.08 bits per heavy atom. The summed E-state index contributed by atoms with van der Waals surface area (Å²) in [6, 6.07) is 11.3. The zero-order chi connectivity index (χ0) is 28.8. The van der Waals surface area contributed by atoms with Crippen LogP contribution in [-0.2, 0) is 21.4 Å². The van der Waals surface area contributed by atoms with Gasteiger partial charge >= 0.3 is 10.0 Å². The SMILES string of the molecule is COc1cc(-c2cc(C[N+](CCO)(CC(N)=O)S(=O)(=O)c3ccccc3[N+](=O)[O-])ccn2)cc(OC)c1OC. The fourth-order valence-electron chi connectivity index (χ4n) is 4.30. The predicted octanol–water partition coefficient (Wildman–Crippen LogP) is 1.87. The van der Waals surface area contributed by atoms with Crippen molar-refractivity contribution in [3.05, 3.63) is 70.4 Å². The second kappa shape index (κ2) is 12.1. The van der Waals surface area contributed by atoms with Gasteiger partial charge in [0.05, 0.1) is 38.6 Å². The van der Waals surface area contributed by atoms with Gasteiger partial charge in [0.15, 0.2) is 22.9 Å². The number of sulfonamides is 1. The molecule has 0 radical (unpaired) electrons. The molecule has 0 saturated carbocycles. The Balaban J connectivity index is 2.18. The number of pyridine rings is 1. The van der Waals surface area contributed by atoms with Gasteiger partial charge in [-0.1, -0.05) is 12.1 Å². The number of nitro benzene ring substituents is 1. The minimum absolute atomic E-state index is 0.349. The van der Waals surface area contributed by atoms with Crippen LogP contribution in [-0.4, -0.2) is 74.3 Å². The number of nitrogens with two attached hydrogens (primary N) is 1. The molecular formula is C25H29N4O9S+. The van der Waals surface area contributed by atoms with E-state index >= 15 is 0 Å². The zero-order valence-corrected chi connectivity index (χ0v) is 22.4. The number of methoxy groups -OCH3 is 3. The quantitative estimate of drug-likeness (QED) is 0.178. The molecule has 2 aromatic carbocycles. The zero-order valence-electron chi connectivity index (χ0n) is 21.6. The van der Waals surface area contributed by atoms with E-state index in [1.807, 2.05) is 0 Å². The summed E-state index contributed by atoms with van der Waals surface area (Å²) < 4.78 is 43.1. The Hall–Kier alpha value is -4.27. The van der Waals surface area contributed by atoms with Gasteiger partial charge in [0.2, 0.25) is 5.75 Å². The number of amides is 1. The molecule has 0 aliphatic carbocycles. The number of hydrogen-bond acceptors (Lipinski definition) is 10. The Morgan fingerprint density at radius 3 is 2.26 bits per heavy atom. The highest BCUT2D eigenvalue weighted by atomic mass is 32.2. The van der Waals surface area contributed by atoms with E-state index < -0.39 is 55.0 Å². The van der Waals surface area contributed by atoms with Gasteiger partial charge in [-0.05, 0) is 30.3 Å². The van der Waals surface area contributed by atoms with Crippen LogP contribution in [0.1, 0.15) is 5.56 Å². The number of carbonyl (C=O) groups excluding carboxylic acids is 1. The van der Waals surface area contributed by atoms with E-state index in [0.29, 0.717) is 34.1 Å². The maximum Gasteiger partial charge on any atom is 0.334 e. The Morgan fingerprint density at radius 2 is 1.72 bits per heavy atom. The van der Waals surface area contributed by atoms with Crippen molar-refractivity contribution in [2.75, 3.05) is 41.0 Å². The molecular weight excluding hydrogens is 532 g/mol. The molecule has 14 heteroatoms. The summed E-state index contributed by atoms with van der Waals surface area (Å²) in [5.41, 5.74) is 6.18. The van der Waals surface area contributed by atoms with Gasteiger partial charge in [0, 0.05) is 23.4 Å². The molecule has 39 heavy (non-hydrogen) atoms. The van der Waals surface area contributed by atoms with Gasteiger partial charge in [-0.15, -0.1) is 0 Å². The number of nitrogens with zero attached hydrogens (tertiary/aromatic N) is 3. The average molecular weight is 562 g/mol. The lowest BCUT2D eigenvalue weighted by Crippen LogP contribution is -2.57. The topological polar surface area (TPSA) is 181 Å². The minimum atomic E-state index is -4.64. The molecule has 1 heterocycles. The van der Waals surface area contributed by atoms with Crippen molar-refractivity contribution in [2.24, 2.45) is 5.73 Å². The fraction of sp³-hybridized carbons (Fsp3) is 0.280. The second-order valence-electron chi connectivity index (χ2n) is 8.45. The molecule has 3 N–H and O–H groups in total. The maximum atomic E-state index is 14.0. The first-order chi connectivity index (χ1) is 18.5. The number of quaternary nitrogens is 1. The first kappa shape index (κ1) is 29.3. The molecule has 0 aliphatic heterocycles. The number of aliphatic hydroxyl groups excluding tert-OH is 1. The summed E-state index contributed by atoms with van der Waals surface area (Å²) in [4.78, 5) is 26.7. The molecule has 3 rings (SSSR count). The normalized spacial score (nSPS) is 12.8. The van der Waals surface area contributed by atoms with E-state index in [0.717, 1.165) is 12.1 Å². The number of aromatic nitrogens is 1. The smallest absolute Gasteiger partial charge is 0.334 e. The van der Waals surface area contributed by atoms with Crippen LogP contribution in [0.5, 0.6) is 17.2 Å². The van der Waals surface area contributed by atoms with Crippen LogP contribution in [0.15, 0.2) is 59.6 Å². The molecule has 0 spiro atoms. The van der Waals surface area contributed by atoms with Gasteiger partial charge in [0.1, 0.15) is 13.1 Å². The van der Waals surface area contributed by atoms with Crippen molar-refractivity contribution in [1.82, 2.24) is 4.98 Å². The van der Waals surface area contributed by atoms with Crippen molar-refractivity contribution in [3.8, 4) is 28.5 Å². The van der Waals surface area contributed by atoms with Gasteiger partial charge in [-0.3, -0.25) is 19.9 Å². The number of ether oxygens (including phenoxy) is 3. The van der Waals surface area contributed by atoms with Crippen LogP contribution in [0, 0.1) is 10.1 Å². The highest BCUT2D eigenvalue weighted by Gasteiger charge is 2.47. The molecule has 0 bridgehead atoms. The standard InChI is InChI=1S/C25H28N4O9S/c1-36-21-13-18(14-22(37-2)25(21)38-3)19-12-17(8-9-27-19)15-29(10-11-30,16-24(26)31)39(34,35)23-7-5-4-6-20(23)28(32)33/h4-9,12-14,30H,10-11,15-16H2,1-3H3,(H-,26,31)/p+1. The van der Waals surface area contributed by atoms with E-state index in [2.05, 4.69) is 4.98 Å². The molecule has 0 aliphatic rings. The Bertz CT molecular complexity index is 1450. The van der Waals surface area contributed by atoms with Gasteiger partial charge in [-0.25, -0.2) is 3.89 Å². The summed E-state index contributed by atoms with van der Waals surface area (Å²) in [7, 11) is -0.255. The van der Waals surface area contributed by atoms with Crippen molar-refractivity contribution in [2.45, 2.75) is 11.4 Å². The predicted molar refractivity (Wildman–Crippen MR) is 140 cm³/mol. The Kier molecular flexibility index (Phi) is 9.06. The fourth-order valence-corrected chi connectivity index (χ4v) is 6.31. The molecule has 1 unspecified atom stereocenters. The van der Waals surface area contributed by atoms with Crippen LogP contribution in [0.3, 0.4) is 0 Å². The number of primary amides is 1. The van der Waals surface area contributed by atoms with Gasteiger partial charge in [-0.2, -0.15) is 8.42 Å². The van der Waals surface area contributed by atoms with E-state index in [1.54, 1.807) is 24.3 Å². The molecule has 0 saturated heterocycles. The van der Waals surface area contributed by atoms with E-state index in [9.17, 15) is 28.4 Å². The van der Waals surface area contributed by atoms with Crippen molar-refractivity contribution in [3.63, 3.8) is 0 Å². The number of hydrogen-bond donors (Lipinski definition) is 2. The second-order valence-corrected chi connectivity index (χ2v) is 10.6. The lowest BCUT2D eigenvalue weighted by Gasteiger charge is -2.35. The van der Waals surface area contributed by atoms with Crippen molar-refractivity contribution < 1.29 is 41.3 Å².